The van der Waals surface area contributed by atoms with Gasteiger partial charge in [0.2, 0.25) is 0 Å². The van der Waals surface area contributed by atoms with Crippen LogP contribution in [0.15, 0.2) is 24.3 Å². The number of rotatable bonds is 3. The third kappa shape index (κ3) is 1.71. The summed E-state index contributed by atoms with van der Waals surface area (Å²) in [7, 11) is 0. The fourth-order valence-corrected chi connectivity index (χ4v) is 2.04. The van der Waals surface area contributed by atoms with Crippen molar-refractivity contribution in [1.82, 2.24) is 0 Å². The van der Waals surface area contributed by atoms with E-state index in [1.165, 1.54) is 0 Å². The van der Waals surface area contributed by atoms with Crippen LogP contribution in [0, 0.1) is 6.92 Å². The summed E-state index contributed by atoms with van der Waals surface area (Å²) in [6, 6.07) is 7.94. The summed E-state index contributed by atoms with van der Waals surface area (Å²) in [5, 5.41) is 0. The van der Waals surface area contributed by atoms with Crippen molar-refractivity contribution in [3.05, 3.63) is 35.4 Å². The predicted molar refractivity (Wildman–Crippen MR) is 60.0 cm³/mol. The monoisotopic (exact) mass is 220 g/mol. The Balaban J connectivity index is 2.19. The van der Waals surface area contributed by atoms with Gasteiger partial charge in [0.1, 0.15) is 5.60 Å². The molecule has 3 heteroatoms. The van der Waals surface area contributed by atoms with Crippen LogP contribution < -0.4 is 0 Å². The maximum Gasteiger partial charge on any atom is 0.338 e. The molecule has 0 spiro atoms. The van der Waals surface area contributed by atoms with E-state index in [9.17, 15) is 4.79 Å². The van der Waals surface area contributed by atoms with Crippen LogP contribution in [0.3, 0.4) is 0 Å². The van der Waals surface area contributed by atoms with Crippen molar-refractivity contribution in [2.45, 2.75) is 32.5 Å². The highest BCUT2D eigenvalue weighted by Crippen LogP contribution is 2.47. The summed E-state index contributed by atoms with van der Waals surface area (Å²) in [6.07, 6.45) is -0.450. The number of carbonyl (C=O) groups is 1. The number of hydrogen-bond donors (Lipinski definition) is 0. The third-order valence-electron chi connectivity index (χ3n) is 2.99. The van der Waals surface area contributed by atoms with E-state index in [1.54, 1.807) is 6.92 Å². The van der Waals surface area contributed by atoms with Crippen molar-refractivity contribution in [3.8, 4) is 0 Å². The van der Waals surface area contributed by atoms with Crippen molar-refractivity contribution >= 4 is 5.97 Å². The van der Waals surface area contributed by atoms with Gasteiger partial charge in [-0.1, -0.05) is 24.3 Å². The standard InChI is InChI=1S/C13H16O3/c1-4-15-12(14)11-13(3,16-11)10-8-6-5-7-9(10)2/h5-8,11H,4H2,1-3H3. The van der Waals surface area contributed by atoms with Gasteiger partial charge in [0.15, 0.2) is 6.10 Å². The molecule has 1 heterocycles. The Morgan fingerprint density at radius 3 is 2.81 bits per heavy atom. The van der Waals surface area contributed by atoms with Crippen LogP contribution in [0.5, 0.6) is 0 Å². The number of hydrogen-bond acceptors (Lipinski definition) is 3. The molecule has 1 fully saturated rings. The Kier molecular flexibility index (Phi) is 2.72. The molecule has 2 rings (SSSR count). The molecule has 16 heavy (non-hydrogen) atoms. The summed E-state index contributed by atoms with van der Waals surface area (Å²) < 4.78 is 10.5. The molecule has 0 bridgehead atoms. The van der Waals surface area contributed by atoms with Gasteiger partial charge in [-0.15, -0.1) is 0 Å². The Labute approximate surface area is 95.4 Å². The summed E-state index contributed by atoms with van der Waals surface area (Å²) >= 11 is 0. The Bertz CT molecular complexity index is 413. The maximum absolute atomic E-state index is 11.6. The van der Waals surface area contributed by atoms with Crippen LogP contribution in [-0.4, -0.2) is 18.7 Å². The van der Waals surface area contributed by atoms with Crippen LogP contribution in [0.1, 0.15) is 25.0 Å². The highest BCUT2D eigenvalue weighted by atomic mass is 16.7. The minimum atomic E-state index is -0.502. The van der Waals surface area contributed by atoms with Gasteiger partial charge < -0.3 is 9.47 Å². The lowest BCUT2D eigenvalue weighted by Crippen LogP contribution is -2.19. The van der Waals surface area contributed by atoms with Crippen LogP contribution in [-0.2, 0) is 19.9 Å². The molecule has 0 saturated carbocycles. The van der Waals surface area contributed by atoms with Crippen LogP contribution in [0.25, 0.3) is 0 Å². The van der Waals surface area contributed by atoms with E-state index in [-0.39, 0.29) is 5.97 Å². The van der Waals surface area contributed by atoms with Crippen molar-refractivity contribution in [3.63, 3.8) is 0 Å². The molecule has 2 unspecified atom stereocenters. The lowest BCUT2D eigenvalue weighted by atomic mass is 9.93. The SMILES string of the molecule is CCOC(=O)C1OC1(C)c1ccccc1C. The zero-order valence-electron chi connectivity index (χ0n) is 9.82. The zero-order chi connectivity index (χ0) is 11.8. The molecule has 1 saturated heterocycles. The molecular weight excluding hydrogens is 204 g/mol. The van der Waals surface area contributed by atoms with Gasteiger partial charge in [-0.05, 0) is 31.9 Å². The minimum absolute atomic E-state index is 0.270. The average molecular weight is 220 g/mol. The van der Waals surface area contributed by atoms with Gasteiger partial charge in [0.05, 0.1) is 6.61 Å². The molecule has 1 aliphatic heterocycles. The first-order valence-electron chi connectivity index (χ1n) is 5.50. The summed E-state index contributed by atoms with van der Waals surface area (Å²) in [5.74, 6) is -0.270. The molecule has 1 aliphatic rings. The molecule has 1 aromatic rings. The second-order valence-corrected chi connectivity index (χ2v) is 4.17. The van der Waals surface area contributed by atoms with Gasteiger partial charge in [-0.25, -0.2) is 4.79 Å². The van der Waals surface area contributed by atoms with Crippen LogP contribution >= 0.6 is 0 Å². The number of ether oxygens (including phenoxy) is 2. The zero-order valence-corrected chi connectivity index (χ0v) is 9.82. The molecule has 1 aromatic carbocycles. The molecule has 0 aromatic heterocycles. The van der Waals surface area contributed by atoms with Gasteiger partial charge in [-0.3, -0.25) is 0 Å². The molecule has 2 atom stereocenters. The van der Waals surface area contributed by atoms with Crippen LogP contribution in [0.2, 0.25) is 0 Å². The van der Waals surface area contributed by atoms with E-state index in [4.69, 9.17) is 9.47 Å². The Morgan fingerprint density at radius 2 is 2.19 bits per heavy atom. The van der Waals surface area contributed by atoms with E-state index < -0.39 is 11.7 Å². The number of esters is 1. The lowest BCUT2D eigenvalue weighted by Gasteiger charge is -2.09. The van der Waals surface area contributed by atoms with Gasteiger partial charge in [-0.2, -0.15) is 0 Å². The fraction of sp³-hybridized carbons (Fsp3) is 0.462. The predicted octanol–water partition coefficient (Wildman–Crippen LogP) is 2.17. The Morgan fingerprint density at radius 1 is 1.50 bits per heavy atom. The molecule has 0 radical (unpaired) electrons. The smallest absolute Gasteiger partial charge is 0.338 e. The molecule has 86 valence electrons. The number of carbonyl (C=O) groups excluding carboxylic acids is 1. The Hall–Kier alpha value is -1.35. The van der Waals surface area contributed by atoms with E-state index in [0.29, 0.717) is 6.61 Å². The van der Waals surface area contributed by atoms with Crippen molar-refractivity contribution in [2.75, 3.05) is 6.61 Å². The summed E-state index contributed by atoms with van der Waals surface area (Å²) in [5.41, 5.74) is 1.70. The topological polar surface area (TPSA) is 38.8 Å². The van der Waals surface area contributed by atoms with E-state index in [0.717, 1.165) is 11.1 Å². The lowest BCUT2D eigenvalue weighted by molar-refractivity contribution is -0.144. The van der Waals surface area contributed by atoms with Gasteiger partial charge in [0, 0.05) is 0 Å². The highest BCUT2D eigenvalue weighted by Gasteiger charge is 2.59. The number of aryl methyl sites for hydroxylation is 1. The number of epoxide rings is 1. The minimum Gasteiger partial charge on any atom is -0.464 e. The summed E-state index contributed by atoms with van der Waals surface area (Å²) in [4.78, 5) is 11.6. The van der Waals surface area contributed by atoms with Gasteiger partial charge >= 0.3 is 5.97 Å². The second kappa shape index (κ2) is 3.91. The molecule has 3 nitrogen and oxygen atoms in total. The van der Waals surface area contributed by atoms with E-state index in [1.807, 2.05) is 38.1 Å². The first kappa shape index (κ1) is 11.1. The third-order valence-corrected chi connectivity index (χ3v) is 2.99. The second-order valence-electron chi connectivity index (χ2n) is 4.17. The first-order valence-corrected chi connectivity index (χ1v) is 5.50. The quantitative estimate of drug-likeness (QED) is 0.579. The molecular formula is C13H16O3. The van der Waals surface area contributed by atoms with E-state index in [2.05, 4.69) is 0 Å². The van der Waals surface area contributed by atoms with Crippen LogP contribution in [0.4, 0.5) is 0 Å². The highest BCUT2D eigenvalue weighted by molar-refractivity contribution is 5.80. The number of benzene rings is 1. The molecule has 0 amide bonds. The van der Waals surface area contributed by atoms with Crippen molar-refractivity contribution in [1.29, 1.82) is 0 Å². The summed E-state index contributed by atoms with van der Waals surface area (Å²) in [6.45, 7) is 6.13. The van der Waals surface area contributed by atoms with Crippen molar-refractivity contribution < 1.29 is 14.3 Å². The van der Waals surface area contributed by atoms with Gasteiger partial charge in [0.25, 0.3) is 0 Å². The fourth-order valence-electron chi connectivity index (χ4n) is 2.04. The normalized spacial score (nSPS) is 27.6. The first-order chi connectivity index (χ1) is 7.59. The van der Waals surface area contributed by atoms with E-state index >= 15 is 0 Å². The molecule has 0 aliphatic carbocycles. The maximum atomic E-state index is 11.6. The molecule has 0 N–H and O–H groups in total. The largest absolute Gasteiger partial charge is 0.464 e. The average Bonchev–Trinajstić information content (AvgIpc) is 2.93. The van der Waals surface area contributed by atoms with Crippen molar-refractivity contribution in [2.24, 2.45) is 0 Å².